The van der Waals surface area contributed by atoms with E-state index in [1.54, 1.807) is 25.8 Å². The van der Waals surface area contributed by atoms with Gasteiger partial charge in [-0.3, -0.25) is 9.97 Å². The normalized spacial score (nSPS) is 14.6. The van der Waals surface area contributed by atoms with Gasteiger partial charge < -0.3 is 19.4 Å². The molecule has 0 amide bonds. The summed E-state index contributed by atoms with van der Waals surface area (Å²) in [6, 6.07) is 6.15. The molecule has 0 atom stereocenters. The molecule has 3 aromatic rings. The van der Waals surface area contributed by atoms with Crippen LogP contribution < -0.4 is 4.90 Å². The number of imidazole rings is 1. The first kappa shape index (κ1) is 18.2. The van der Waals surface area contributed by atoms with E-state index in [-0.39, 0.29) is 0 Å². The highest BCUT2D eigenvalue weighted by molar-refractivity contribution is 5.81. The van der Waals surface area contributed by atoms with Crippen LogP contribution in [0.25, 0.3) is 28.7 Å². The molecule has 0 spiro atoms. The van der Waals surface area contributed by atoms with E-state index in [9.17, 15) is 0 Å². The highest BCUT2D eigenvalue weighted by atomic mass is 16.5. The topological polar surface area (TPSA) is 76.2 Å². The average Bonchev–Trinajstić information content (AvgIpc) is 3.13. The highest BCUT2D eigenvalue weighted by Crippen LogP contribution is 2.32. The van der Waals surface area contributed by atoms with E-state index in [1.807, 2.05) is 31.3 Å². The third-order valence-corrected chi connectivity index (χ3v) is 4.75. The van der Waals surface area contributed by atoms with Crippen molar-refractivity contribution < 1.29 is 9.47 Å². The Morgan fingerprint density at radius 1 is 1.21 bits per heavy atom. The van der Waals surface area contributed by atoms with Gasteiger partial charge in [0, 0.05) is 42.8 Å². The summed E-state index contributed by atoms with van der Waals surface area (Å²) >= 11 is 0. The first-order valence-corrected chi connectivity index (χ1v) is 9.25. The van der Waals surface area contributed by atoms with Gasteiger partial charge in [0.05, 0.1) is 44.2 Å². The number of aryl methyl sites for hydroxylation is 1. The Morgan fingerprint density at radius 3 is 2.75 bits per heavy atom. The van der Waals surface area contributed by atoms with Crippen LogP contribution in [0.1, 0.15) is 11.4 Å². The second-order valence-corrected chi connectivity index (χ2v) is 6.56. The zero-order chi connectivity index (χ0) is 19.3. The third kappa shape index (κ3) is 3.75. The van der Waals surface area contributed by atoms with E-state index in [2.05, 4.69) is 20.9 Å². The number of pyridine rings is 2. The molecule has 1 aliphatic heterocycles. The molecular weight excluding hydrogens is 354 g/mol. The van der Waals surface area contributed by atoms with Crippen LogP contribution >= 0.6 is 0 Å². The van der Waals surface area contributed by atoms with E-state index in [4.69, 9.17) is 19.4 Å². The number of morpholine rings is 1. The lowest BCUT2D eigenvalue weighted by Gasteiger charge is -2.29. The number of nitrogens with one attached hydrogen (secondary N) is 1. The fourth-order valence-corrected chi connectivity index (χ4v) is 3.27. The SMILES string of the molecule is CO/C=C/c1nc(-c2ncc(N3CCOCC3)cc2-c2ccncc2)[nH]c1C. The minimum Gasteiger partial charge on any atom is -0.504 e. The van der Waals surface area contributed by atoms with Crippen LogP contribution in [0.3, 0.4) is 0 Å². The van der Waals surface area contributed by atoms with Crippen molar-refractivity contribution in [3.05, 3.63) is 54.4 Å². The molecule has 3 aromatic heterocycles. The molecule has 144 valence electrons. The molecule has 0 radical (unpaired) electrons. The molecule has 0 bridgehead atoms. The quantitative estimate of drug-likeness (QED) is 0.688. The lowest BCUT2D eigenvalue weighted by Crippen LogP contribution is -2.36. The number of hydrogen-bond acceptors (Lipinski definition) is 6. The van der Waals surface area contributed by atoms with Gasteiger partial charge in [-0.2, -0.15) is 0 Å². The molecule has 1 N–H and O–H groups in total. The molecule has 1 aliphatic rings. The molecule has 28 heavy (non-hydrogen) atoms. The minimum atomic E-state index is 0.730. The first-order chi connectivity index (χ1) is 13.8. The molecule has 0 aromatic carbocycles. The number of hydrogen-bond donors (Lipinski definition) is 1. The minimum absolute atomic E-state index is 0.730. The summed E-state index contributed by atoms with van der Waals surface area (Å²) in [7, 11) is 1.62. The zero-order valence-electron chi connectivity index (χ0n) is 16.1. The van der Waals surface area contributed by atoms with Crippen molar-refractivity contribution in [2.24, 2.45) is 0 Å². The van der Waals surface area contributed by atoms with Crippen molar-refractivity contribution in [3.63, 3.8) is 0 Å². The van der Waals surface area contributed by atoms with E-state index >= 15 is 0 Å². The van der Waals surface area contributed by atoms with Gasteiger partial charge >= 0.3 is 0 Å². The molecule has 7 heteroatoms. The van der Waals surface area contributed by atoms with Gasteiger partial charge in [0.1, 0.15) is 5.69 Å². The predicted octanol–water partition coefficient (Wildman–Crippen LogP) is 3.30. The first-order valence-electron chi connectivity index (χ1n) is 9.25. The number of nitrogens with zero attached hydrogens (tertiary/aromatic N) is 4. The lowest BCUT2D eigenvalue weighted by molar-refractivity contribution is 0.122. The smallest absolute Gasteiger partial charge is 0.157 e. The molecule has 7 nitrogen and oxygen atoms in total. The van der Waals surface area contributed by atoms with Crippen LogP contribution in [0.4, 0.5) is 5.69 Å². The lowest BCUT2D eigenvalue weighted by atomic mass is 10.0. The van der Waals surface area contributed by atoms with Crippen molar-refractivity contribution in [3.8, 4) is 22.6 Å². The molecule has 4 heterocycles. The van der Waals surface area contributed by atoms with Gasteiger partial charge in [-0.1, -0.05) is 0 Å². The van der Waals surface area contributed by atoms with Crippen LogP contribution in [0, 0.1) is 6.92 Å². The average molecular weight is 377 g/mol. The maximum Gasteiger partial charge on any atom is 0.157 e. The highest BCUT2D eigenvalue weighted by Gasteiger charge is 2.18. The third-order valence-electron chi connectivity index (χ3n) is 4.75. The number of aromatic nitrogens is 4. The summed E-state index contributed by atoms with van der Waals surface area (Å²) in [6.07, 6.45) is 8.95. The summed E-state index contributed by atoms with van der Waals surface area (Å²) in [5, 5.41) is 0. The molecule has 1 fully saturated rings. The summed E-state index contributed by atoms with van der Waals surface area (Å²) in [5.74, 6) is 0.730. The van der Waals surface area contributed by atoms with Crippen LogP contribution in [0.15, 0.2) is 43.1 Å². The van der Waals surface area contributed by atoms with E-state index < -0.39 is 0 Å². The second-order valence-electron chi connectivity index (χ2n) is 6.56. The number of rotatable bonds is 5. The largest absolute Gasteiger partial charge is 0.504 e. The van der Waals surface area contributed by atoms with Gasteiger partial charge in [-0.25, -0.2) is 4.98 Å². The monoisotopic (exact) mass is 377 g/mol. The Kier molecular flexibility index (Phi) is 5.34. The fraction of sp³-hybridized carbons (Fsp3) is 0.286. The second kappa shape index (κ2) is 8.22. The standard InChI is InChI=1S/C21H23N5O2/c1-15-19(5-10-27-2)25-21(24-15)20-18(16-3-6-22-7-4-16)13-17(14-23-20)26-8-11-28-12-9-26/h3-7,10,13-14H,8-9,11-12H2,1-2H3,(H,24,25)/b10-5+. The maximum absolute atomic E-state index is 5.48. The Morgan fingerprint density at radius 2 is 2.00 bits per heavy atom. The number of methoxy groups -OCH3 is 1. The molecule has 0 unspecified atom stereocenters. The summed E-state index contributed by atoms with van der Waals surface area (Å²) in [6.45, 7) is 5.18. The number of H-pyrrole nitrogens is 1. The van der Waals surface area contributed by atoms with Crippen molar-refractivity contribution in [2.45, 2.75) is 6.92 Å². The van der Waals surface area contributed by atoms with Gasteiger partial charge in [0.15, 0.2) is 5.82 Å². The van der Waals surface area contributed by atoms with Gasteiger partial charge in [0.25, 0.3) is 0 Å². The maximum atomic E-state index is 5.48. The van der Waals surface area contributed by atoms with Gasteiger partial charge in [0.2, 0.25) is 0 Å². The van der Waals surface area contributed by atoms with E-state index in [0.717, 1.165) is 66.0 Å². The van der Waals surface area contributed by atoms with Crippen molar-refractivity contribution in [1.82, 2.24) is 19.9 Å². The summed E-state index contributed by atoms with van der Waals surface area (Å²) in [4.78, 5) is 19.3. The number of ether oxygens (including phenoxy) is 2. The number of aromatic amines is 1. The Balaban J connectivity index is 1.79. The van der Waals surface area contributed by atoms with E-state index in [0.29, 0.717) is 0 Å². The van der Waals surface area contributed by atoms with Crippen molar-refractivity contribution in [1.29, 1.82) is 0 Å². The molecule has 0 aliphatic carbocycles. The van der Waals surface area contributed by atoms with Crippen LogP contribution in [-0.2, 0) is 9.47 Å². The molecule has 0 saturated carbocycles. The molecule has 1 saturated heterocycles. The Hall–Kier alpha value is -3.19. The Bertz CT molecular complexity index is 962. The van der Waals surface area contributed by atoms with Gasteiger partial charge in [-0.05, 0) is 30.7 Å². The van der Waals surface area contributed by atoms with Crippen molar-refractivity contribution >= 4 is 11.8 Å². The van der Waals surface area contributed by atoms with E-state index in [1.165, 1.54) is 0 Å². The molecule has 4 rings (SSSR count). The van der Waals surface area contributed by atoms with Crippen LogP contribution in [0.5, 0.6) is 0 Å². The summed E-state index contributed by atoms with van der Waals surface area (Å²) < 4.78 is 10.5. The van der Waals surface area contributed by atoms with Gasteiger partial charge in [-0.15, -0.1) is 0 Å². The van der Waals surface area contributed by atoms with Crippen LogP contribution in [0.2, 0.25) is 0 Å². The predicted molar refractivity (Wildman–Crippen MR) is 109 cm³/mol. The van der Waals surface area contributed by atoms with Crippen LogP contribution in [-0.4, -0.2) is 53.3 Å². The Labute approximate surface area is 164 Å². The summed E-state index contributed by atoms with van der Waals surface area (Å²) in [5.41, 5.74) is 5.75. The molecular formula is C21H23N5O2. The number of anilines is 1. The van der Waals surface area contributed by atoms with Crippen molar-refractivity contribution in [2.75, 3.05) is 38.3 Å². The fourth-order valence-electron chi connectivity index (χ4n) is 3.27. The zero-order valence-corrected chi connectivity index (χ0v) is 16.1.